The summed E-state index contributed by atoms with van der Waals surface area (Å²) in [4.78, 5) is 4.88. The van der Waals surface area contributed by atoms with Crippen LogP contribution in [0.25, 0.3) is 10.9 Å². The van der Waals surface area contributed by atoms with Crippen LogP contribution in [-0.4, -0.2) is 4.98 Å². The maximum atomic E-state index is 4.88. The molecule has 0 fully saturated rings. The summed E-state index contributed by atoms with van der Waals surface area (Å²) in [5, 5.41) is 1.31. The van der Waals surface area contributed by atoms with Gasteiger partial charge >= 0.3 is 0 Å². The zero-order chi connectivity index (χ0) is 11.1. The molecule has 3 rings (SSSR count). The molecule has 0 saturated heterocycles. The van der Waals surface area contributed by atoms with Crippen molar-refractivity contribution in [2.24, 2.45) is 0 Å². The fourth-order valence-corrected chi connectivity index (χ4v) is 2.61. The van der Waals surface area contributed by atoms with E-state index in [1.54, 1.807) is 0 Å². The first-order chi connectivity index (χ1) is 7.75. The third-order valence-electron chi connectivity index (χ3n) is 3.79. The molecule has 0 spiro atoms. The van der Waals surface area contributed by atoms with Crippen LogP contribution < -0.4 is 0 Å². The van der Waals surface area contributed by atoms with Gasteiger partial charge in [0.05, 0.1) is 5.52 Å². The Morgan fingerprint density at radius 3 is 2.75 bits per heavy atom. The predicted molar refractivity (Wildman–Crippen MR) is 67.9 cm³/mol. The highest BCUT2D eigenvalue weighted by atomic mass is 14.7. The molecule has 0 aliphatic heterocycles. The van der Waals surface area contributed by atoms with E-state index in [1.165, 1.54) is 59.0 Å². The third-order valence-corrected chi connectivity index (χ3v) is 3.79. The molecular formula is C15H17N. The van der Waals surface area contributed by atoms with Crippen molar-refractivity contribution in [2.75, 3.05) is 0 Å². The lowest BCUT2D eigenvalue weighted by molar-refractivity contribution is 0.671. The standard InChI is InChI=1S/C15H17N/c1-10-7-8-13-9-12-5-3-4-6-14(12)16-15(13)11(10)2/h7-9H,3-6H2,1-2H3. The van der Waals surface area contributed by atoms with Crippen molar-refractivity contribution in [1.29, 1.82) is 0 Å². The molecule has 2 aromatic rings. The van der Waals surface area contributed by atoms with Gasteiger partial charge in [-0.15, -0.1) is 0 Å². The number of aromatic nitrogens is 1. The van der Waals surface area contributed by atoms with Gasteiger partial charge in [-0.2, -0.15) is 0 Å². The monoisotopic (exact) mass is 211 g/mol. The highest BCUT2D eigenvalue weighted by Crippen LogP contribution is 2.26. The average Bonchev–Trinajstić information content (AvgIpc) is 2.32. The summed E-state index contributed by atoms with van der Waals surface area (Å²) in [5.74, 6) is 0. The number of hydrogen-bond donors (Lipinski definition) is 0. The molecule has 1 heteroatoms. The Kier molecular flexibility index (Phi) is 2.20. The molecule has 0 amide bonds. The quantitative estimate of drug-likeness (QED) is 0.647. The molecule has 1 aromatic heterocycles. The van der Waals surface area contributed by atoms with Crippen LogP contribution in [0.1, 0.15) is 35.2 Å². The topological polar surface area (TPSA) is 12.9 Å². The average molecular weight is 211 g/mol. The highest BCUT2D eigenvalue weighted by molar-refractivity contribution is 5.83. The van der Waals surface area contributed by atoms with E-state index in [4.69, 9.17) is 4.98 Å². The Labute approximate surface area is 96.5 Å². The Bertz CT molecular complexity index is 555. The molecule has 16 heavy (non-hydrogen) atoms. The van der Waals surface area contributed by atoms with Crippen molar-refractivity contribution in [3.05, 3.63) is 40.6 Å². The molecule has 0 bridgehead atoms. The summed E-state index contributed by atoms with van der Waals surface area (Å²) >= 11 is 0. The fraction of sp³-hybridized carbons (Fsp3) is 0.400. The van der Waals surface area contributed by atoms with E-state index >= 15 is 0 Å². The first-order valence-corrected chi connectivity index (χ1v) is 6.14. The fourth-order valence-electron chi connectivity index (χ4n) is 2.61. The number of rotatable bonds is 0. The minimum Gasteiger partial charge on any atom is -0.252 e. The molecule has 0 unspecified atom stereocenters. The number of nitrogens with zero attached hydrogens (tertiary/aromatic N) is 1. The second-order valence-electron chi connectivity index (χ2n) is 4.88. The van der Waals surface area contributed by atoms with Gasteiger partial charge in [-0.25, -0.2) is 0 Å². The van der Waals surface area contributed by atoms with Crippen LogP contribution >= 0.6 is 0 Å². The van der Waals surface area contributed by atoms with E-state index in [1.807, 2.05) is 0 Å². The smallest absolute Gasteiger partial charge is 0.0737 e. The van der Waals surface area contributed by atoms with Crippen LogP contribution in [0.5, 0.6) is 0 Å². The van der Waals surface area contributed by atoms with Gasteiger partial charge in [0, 0.05) is 11.1 Å². The number of benzene rings is 1. The second-order valence-corrected chi connectivity index (χ2v) is 4.88. The lowest BCUT2D eigenvalue weighted by Crippen LogP contribution is -2.05. The van der Waals surface area contributed by atoms with Crippen LogP contribution in [-0.2, 0) is 12.8 Å². The molecule has 1 aliphatic carbocycles. The van der Waals surface area contributed by atoms with Crippen LogP contribution in [0.2, 0.25) is 0 Å². The molecule has 1 aromatic carbocycles. The molecule has 0 radical (unpaired) electrons. The van der Waals surface area contributed by atoms with Gasteiger partial charge in [0.1, 0.15) is 0 Å². The number of aryl methyl sites for hydroxylation is 4. The lowest BCUT2D eigenvalue weighted by Gasteiger charge is -2.16. The minimum atomic E-state index is 1.17. The van der Waals surface area contributed by atoms with Crippen molar-refractivity contribution in [3.8, 4) is 0 Å². The number of hydrogen-bond acceptors (Lipinski definition) is 1. The first kappa shape index (κ1) is 9.83. The Balaban J connectivity index is 2.31. The summed E-state index contributed by atoms with van der Waals surface area (Å²) in [6.45, 7) is 4.34. The van der Waals surface area contributed by atoms with Crippen LogP contribution in [0, 0.1) is 13.8 Å². The van der Waals surface area contributed by atoms with Gasteiger partial charge < -0.3 is 0 Å². The van der Waals surface area contributed by atoms with Crippen LogP contribution in [0.4, 0.5) is 0 Å². The van der Waals surface area contributed by atoms with Gasteiger partial charge in [0.15, 0.2) is 0 Å². The summed E-state index contributed by atoms with van der Waals surface area (Å²) in [6.07, 6.45) is 5.01. The summed E-state index contributed by atoms with van der Waals surface area (Å²) in [7, 11) is 0. The lowest BCUT2D eigenvalue weighted by atomic mass is 9.93. The first-order valence-electron chi connectivity index (χ1n) is 6.14. The van der Waals surface area contributed by atoms with Crippen LogP contribution in [0.3, 0.4) is 0 Å². The van der Waals surface area contributed by atoms with E-state index in [9.17, 15) is 0 Å². The summed E-state index contributed by atoms with van der Waals surface area (Å²) < 4.78 is 0. The second kappa shape index (κ2) is 3.58. The Hall–Kier alpha value is -1.37. The van der Waals surface area contributed by atoms with E-state index in [0.29, 0.717) is 0 Å². The van der Waals surface area contributed by atoms with Crippen molar-refractivity contribution in [3.63, 3.8) is 0 Å². The molecule has 0 atom stereocenters. The minimum absolute atomic E-state index is 1.17. The van der Waals surface area contributed by atoms with Crippen molar-refractivity contribution in [1.82, 2.24) is 4.98 Å². The maximum absolute atomic E-state index is 4.88. The molecule has 0 saturated carbocycles. The molecular weight excluding hydrogens is 194 g/mol. The van der Waals surface area contributed by atoms with E-state index < -0.39 is 0 Å². The molecule has 1 heterocycles. The SMILES string of the molecule is Cc1ccc2cc3c(nc2c1C)CCCC3. The summed E-state index contributed by atoms with van der Waals surface area (Å²) in [5.41, 5.74) is 6.71. The predicted octanol–water partition coefficient (Wildman–Crippen LogP) is 3.73. The van der Waals surface area contributed by atoms with Crippen molar-refractivity contribution < 1.29 is 0 Å². The number of pyridine rings is 1. The van der Waals surface area contributed by atoms with E-state index in [0.717, 1.165) is 0 Å². The third kappa shape index (κ3) is 1.42. The number of fused-ring (bicyclic) bond motifs is 2. The van der Waals surface area contributed by atoms with E-state index in [-0.39, 0.29) is 0 Å². The van der Waals surface area contributed by atoms with Crippen molar-refractivity contribution >= 4 is 10.9 Å². The van der Waals surface area contributed by atoms with Crippen molar-refractivity contribution in [2.45, 2.75) is 39.5 Å². The highest BCUT2D eigenvalue weighted by Gasteiger charge is 2.12. The van der Waals surface area contributed by atoms with Gasteiger partial charge in [-0.05, 0) is 62.3 Å². The van der Waals surface area contributed by atoms with Gasteiger partial charge in [-0.1, -0.05) is 12.1 Å². The Morgan fingerprint density at radius 1 is 1.06 bits per heavy atom. The zero-order valence-electron chi connectivity index (χ0n) is 10.0. The normalized spacial score (nSPS) is 15.1. The zero-order valence-corrected chi connectivity index (χ0v) is 10.0. The van der Waals surface area contributed by atoms with Gasteiger partial charge in [-0.3, -0.25) is 4.98 Å². The molecule has 1 nitrogen and oxygen atoms in total. The largest absolute Gasteiger partial charge is 0.252 e. The van der Waals surface area contributed by atoms with Gasteiger partial charge in [0.2, 0.25) is 0 Å². The van der Waals surface area contributed by atoms with Gasteiger partial charge in [0.25, 0.3) is 0 Å². The molecule has 1 aliphatic rings. The van der Waals surface area contributed by atoms with Crippen LogP contribution in [0.15, 0.2) is 18.2 Å². The maximum Gasteiger partial charge on any atom is 0.0737 e. The Morgan fingerprint density at radius 2 is 1.88 bits per heavy atom. The van der Waals surface area contributed by atoms with E-state index in [2.05, 4.69) is 32.0 Å². The molecule has 0 N–H and O–H groups in total. The molecule has 82 valence electrons. The summed E-state index contributed by atoms with van der Waals surface area (Å²) in [6, 6.07) is 6.76.